The fourth-order valence-electron chi connectivity index (χ4n) is 3.14. The van der Waals surface area contributed by atoms with Crippen molar-refractivity contribution >= 4 is 17.2 Å². The Morgan fingerprint density at radius 2 is 2.23 bits per heavy atom. The highest BCUT2D eigenvalue weighted by Crippen LogP contribution is 2.29. The van der Waals surface area contributed by atoms with E-state index in [0.717, 1.165) is 34.9 Å². The summed E-state index contributed by atoms with van der Waals surface area (Å²) in [6, 6.07) is 7.96. The summed E-state index contributed by atoms with van der Waals surface area (Å²) in [4.78, 5) is 17.4. The molecule has 2 aromatic rings. The largest absolute Gasteiger partial charge is 0.497 e. The fraction of sp³-hybridized carbons (Fsp3) is 0.500. The molecule has 1 fully saturated rings. The smallest absolute Gasteiger partial charge is 0.229 e. The molecule has 1 aromatic heterocycles. The number of nitrogens with one attached hydrogen (secondary N) is 2. The van der Waals surface area contributed by atoms with Crippen LogP contribution in [0.2, 0.25) is 0 Å². The molecule has 2 N–H and O–H groups in total. The lowest BCUT2D eigenvalue weighted by atomic mass is 9.75. The van der Waals surface area contributed by atoms with Crippen LogP contribution < -0.4 is 15.4 Å². The van der Waals surface area contributed by atoms with E-state index in [9.17, 15) is 4.79 Å². The number of nitrogens with zero attached hydrogens (tertiary/aromatic N) is 1. The standard InChI is InChI=1S/C20H27N3O2S/c1-14(2)17-11-26-18(23-17)7-8-22-19(24)20(12-21-13-20)10-15-5-4-6-16(9-15)25-3/h4-6,9,11,14,21H,7-8,10,12-13H2,1-3H3,(H,22,24). The second-order valence-corrected chi connectivity index (χ2v) is 8.18. The van der Waals surface area contributed by atoms with Crippen molar-refractivity contribution in [3.05, 3.63) is 45.9 Å². The van der Waals surface area contributed by atoms with Gasteiger partial charge in [-0.05, 0) is 30.0 Å². The Bertz CT molecular complexity index is 753. The van der Waals surface area contributed by atoms with Gasteiger partial charge in [0.15, 0.2) is 0 Å². The molecule has 0 aliphatic carbocycles. The topological polar surface area (TPSA) is 63.2 Å². The number of ether oxygens (including phenoxy) is 1. The molecule has 0 bridgehead atoms. The number of thiazole rings is 1. The Morgan fingerprint density at radius 3 is 2.85 bits per heavy atom. The normalized spacial score (nSPS) is 15.5. The highest BCUT2D eigenvalue weighted by Gasteiger charge is 2.44. The van der Waals surface area contributed by atoms with E-state index in [1.807, 2.05) is 18.2 Å². The lowest BCUT2D eigenvalue weighted by molar-refractivity contribution is -0.133. The first-order valence-electron chi connectivity index (χ1n) is 9.09. The molecule has 1 aliphatic heterocycles. The Balaban J connectivity index is 1.56. The van der Waals surface area contributed by atoms with E-state index in [1.54, 1.807) is 18.4 Å². The number of rotatable bonds is 8. The Labute approximate surface area is 159 Å². The summed E-state index contributed by atoms with van der Waals surface area (Å²) in [5.74, 6) is 1.40. The summed E-state index contributed by atoms with van der Waals surface area (Å²) in [5.41, 5.74) is 1.90. The van der Waals surface area contributed by atoms with E-state index in [0.29, 0.717) is 25.6 Å². The SMILES string of the molecule is COc1cccc(CC2(C(=O)NCCc3nc(C(C)C)cs3)CNC2)c1. The van der Waals surface area contributed by atoms with Gasteiger partial charge in [0.2, 0.25) is 5.91 Å². The van der Waals surface area contributed by atoms with Crippen molar-refractivity contribution in [2.45, 2.75) is 32.6 Å². The maximum Gasteiger partial charge on any atom is 0.229 e. The molecule has 1 amide bonds. The highest BCUT2D eigenvalue weighted by atomic mass is 32.1. The van der Waals surface area contributed by atoms with Crippen molar-refractivity contribution in [3.8, 4) is 5.75 Å². The monoisotopic (exact) mass is 373 g/mol. The molecule has 26 heavy (non-hydrogen) atoms. The second kappa shape index (κ2) is 8.18. The van der Waals surface area contributed by atoms with Gasteiger partial charge in [0.1, 0.15) is 5.75 Å². The minimum Gasteiger partial charge on any atom is -0.497 e. The minimum atomic E-state index is -0.363. The highest BCUT2D eigenvalue weighted by molar-refractivity contribution is 7.09. The predicted octanol–water partition coefficient (Wildman–Crippen LogP) is 2.77. The third-order valence-corrected chi connectivity index (χ3v) is 5.80. The zero-order valence-corrected chi connectivity index (χ0v) is 16.5. The molecule has 2 heterocycles. The van der Waals surface area contributed by atoms with Crippen LogP contribution in [0.3, 0.4) is 0 Å². The van der Waals surface area contributed by atoms with Crippen LogP contribution in [0, 0.1) is 5.41 Å². The molecule has 0 unspecified atom stereocenters. The molecule has 0 atom stereocenters. The van der Waals surface area contributed by atoms with Crippen LogP contribution >= 0.6 is 11.3 Å². The molecule has 1 saturated heterocycles. The summed E-state index contributed by atoms with van der Waals surface area (Å²) in [7, 11) is 1.66. The van der Waals surface area contributed by atoms with Crippen LogP contribution in [-0.4, -0.2) is 37.6 Å². The lowest BCUT2D eigenvalue weighted by Gasteiger charge is -2.41. The maximum atomic E-state index is 12.8. The van der Waals surface area contributed by atoms with E-state index in [-0.39, 0.29) is 11.3 Å². The fourth-order valence-corrected chi connectivity index (χ4v) is 4.10. The van der Waals surface area contributed by atoms with Gasteiger partial charge in [-0.1, -0.05) is 26.0 Å². The predicted molar refractivity (Wildman–Crippen MR) is 105 cm³/mol. The number of methoxy groups -OCH3 is 1. The molecular formula is C20H27N3O2S. The summed E-state index contributed by atoms with van der Waals surface area (Å²) in [6.07, 6.45) is 1.50. The molecule has 1 aromatic carbocycles. The number of hydrogen-bond acceptors (Lipinski definition) is 5. The average Bonchev–Trinajstić information content (AvgIpc) is 3.07. The van der Waals surface area contributed by atoms with Gasteiger partial charge in [-0.25, -0.2) is 4.98 Å². The Kier molecular flexibility index (Phi) is 5.94. The first-order valence-corrected chi connectivity index (χ1v) is 9.97. The number of carbonyl (C=O) groups excluding carboxylic acids is 1. The molecule has 3 rings (SSSR count). The average molecular weight is 374 g/mol. The number of hydrogen-bond donors (Lipinski definition) is 2. The molecule has 1 aliphatic rings. The van der Waals surface area contributed by atoms with Gasteiger partial charge in [0.05, 0.1) is 23.2 Å². The van der Waals surface area contributed by atoms with E-state index in [1.165, 1.54) is 0 Å². The van der Waals surface area contributed by atoms with Gasteiger partial charge in [0.25, 0.3) is 0 Å². The van der Waals surface area contributed by atoms with E-state index in [4.69, 9.17) is 4.74 Å². The quantitative estimate of drug-likeness (QED) is 0.747. The number of aromatic nitrogens is 1. The molecular weight excluding hydrogens is 346 g/mol. The summed E-state index contributed by atoms with van der Waals surface area (Å²) >= 11 is 1.67. The first-order chi connectivity index (χ1) is 12.5. The van der Waals surface area contributed by atoms with Crippen molar-refractivity contribution in [2.75, 3.05) is 26.7 Å². The molecule has 0 radical (unpaired) electrons. The number of amides is 1. The van der Waals surface area contributed by atoms with Crippen molar-refractivity contribution in [1.82, 2.24) is 15.6 Å². The van der Waals surface area contributed by atoms with Crippen molar-refractivity contribution in [1.29, 1.82) is 0 Å². The van der Waals surface area contributed by atoms with Crippen LogP contribution in [0.15, 0.2) is 29.6 Å². The van der Waals surface area contributed by atoms with Gasteiger partial charge < -0.3 is 15.4 Å². The van der Waals surface area contributed by atoms with Crippen molar-refractivity contribution < 1.29 is 9.53 Å². The van der Waals surface area contributed by atoms with Gasteiger partial charge >= 0.3 is 0 Å². The third kappa shape index (κ3) is 4.24. The number of benzene rings is 1. The van der Waals surface area contributed by atoms with Crippen molar-refractivity contribution in [2.24, 2.45) is 5.41 Å². The number of carbonyl (C=O) groups is 1. The van der Waals surface area contributed by atoms with Gasteiger partial charge in [-0.3, -0.25) is 4.79 Å². The maximum absolute atomic E-state index is 12.8. The van der Waals surface area contributed by atoms with Crippen LogP contribution in [-0.2, 0) is 17.6 Å². The molecule has 0 spiro atoms. The molecule has 140 valence electrons. The molecule has 6 heteroatoms. The summed E-state index contributed by atoms with van der Waals surface area (Å²) in [6.45, 7) is 6.35. The van der Waals surface area contributed by atoms with E-state index in [2.05, 4.69) is 40.9 Å². The molecule has 0 saturated carbocycles. The summed E-state index contributed by atoms with van der Waals surface area (Å²) in [5, 5.41) is 9.57. The Hall–Kier alpha value is -1.92. The van der Waals surface area contributed by atoms with Gasteiger partial charge in [0, 0.05) is 31.4 Å². The zero-order chi connectivity index (χ0) is 18.6. The minimum absolute atomic E-state index is 0.125. The van der Waals surface area contributed by atoms with Crippen molar-refractivity contribution in [3.63, 3.8) is 0 Å². The molecule has 5 nitrogen and oxygen atoms in total. The summed E-state index contributed by atoms with van der Waals surface area (Å²) < 4.78 is 5.29. The second-order valence-electron chi connectivity index (χ2n) is 7.24. The van der Waals surface area contributed by atoms with Crippen LogP contribution in [0.5, 0.6) is 5.75 Å². The third-order valence-electron chi connectivity index (χ3n) is 4.87. The zero-order valence-electron chi connectivity index (χ0n) is 15.7. The van der Waals surface area contributed by atoms with E-state index < -0.39 is 0 Å². The first kappa shape index (κ1) is 18.9. The van der Waals surface area contributed by atoms with Crippen LogP contribution in [0.25, 0.3) is 0 Å². The van der Waals surface area contributed by atoms with Crippen LogP contribution in [0.4, 0.5) is 0 Å². The Morgan fingerprint density at radius 1 is 1.42 bits per heavy atom. The van der Waals surface area contributed by atoms with E-state index >= 15 is 0 Å². The van der Waals surface area contributed by atoms with Gasteiger partial charge in [-0.15, -0.1) is 11.3 Å². The van der Waals surface area contributed by atoms with Crippen LogP contribution in [0.1, 0.15) is 36.0 Å². The van der Waals surface area contributed by atoms with Gasteiger partial charge in [-0.2, -0.15) is 0 Å². The lowest BCUT2D eigenvalue weighted by Crippen LogP contribution is -2.62.